The second kappa shape index (κ2) is 16.5. The van der Waals surface area contributed by atoms with Crippen LogP contribution in [0.1, 0.15) is 13.8 Å². The van der Waals surface area contributed by atoms with Gasteiger partial charge in [0.2, 0.25) is 0 Å². The summed E-state index contributed by atoms with van der Waals surface area (Å²) >= 11 is 0. The molecule has 0 saturated carbocycles. The van der Waals surface area contributed by atoms with Gasteiger partial charge in [-0.25, -0.2) is 0 Å². The van der Waals surface area contributed by atoms with Crippen molar-refractivity contribution < 1.29 is 78.9 Å². The summed E-state index contributed by atoms with van der Waals surface area (Å²) in [5.74, 6) is 0.167. The molecular formula is C4H6Na2O4. The number of ketones is 1. The summed E-state index contributed by atoms with van der Waals surface area (Å²) in [7, 11) is 0. The van der Waals surface area contributed by atoms with Crippen LogP contribution in [0.4, 0.5) is 4.79 Å². The van der Waals surface area contributed by atoms with Crippen LogP contribution in [-0.2, 0) is 4.79 Å². The minimum absolute atomic E-state index is 0. The first kappa shape index (κ1) is 22.4. The topological polar surface area (TPSA) is 80.3 Å². The molecule has 0 aromatic heterocycles. The Labute approximate surface area is 104 Å². The molecule has 0 unspecified atom stereocenters. The molecule has 6 heteroatoms. The van der Waals surface area contributed by atoms with Gasteiger partial charge in [0.15, 0.2) is 0 Å². The van der Waals surface area contributed by atoms with Gasteiger partial charge in [-0.05, 0) is 20.0 Å². The molecule has 0 bridgehead atoms. The number of carboxylic acid groups (broad SMARTS) is 2. The Morgan fingerprint density at radius 2 is 1.00 bits per heavy atom. The summed E-state index contributed by atoms with van der Waals surface area (Å²) in [4.78, 5) is 17.8. The van der Waals surface area contributed by atoms with Crippen molar-refractivity contribution in [1.82, 2.24) is 0 Å². The molecule has 0 N–H and O–H groups in total. The van der Waals surface area contributed by atoms with Crippen LogP contribution >= 0.6 is 0 Å². The van der Waals surface area contributed by atoms with Gasteiger partial charge in [0, 0.05) is 0 Å². The molecule has 0 aliphatic carbocycles. The van der Waals surface area contributed by atoms with E-state index in [1.54, 1.807) is 0 Å². The average molecular weight is 164 g/mol. The van der Waals surface area contributed by atoms with E-state index in [9.17, 15) is 4.79 Å². The zero-order chi connectivity index (χ0) is 7.15. The predicted molar refractivity (Wildman–Crippen MR) is 21.8 cm³/mol. The fraction of sp³-hybridized carbons (Fsp3) is 0.500. The van der Waals surface area contributed by atoms with E-state index >= 15 is 0 Å². The van der Waals surface area contributed by atoms with Gasteiger partial charge in [0.05, 0.1) is 0 Å². The number of rotatable bonds is 0. The standard InChI is InChI=1S/C3H6O.CH2O3.2Na/c1-3(2)4;2-1(3)4;;/h1-2H3;(H2,2,3,4);;/q;;2*+1/p-2. The van der Waals surface area contributed by atoms with Crippen LogP contribution < -0.4 is 69.3 Å². The van der Waals surface area contributed by atoms with Crippen LogP contribution in [0.5, 0.6) is 0 Å². The van der Waals surface area contributed by atoms with Crippen molar-refractivity contribution in [3.63, 3.8) is 0 Å². The Bertz CT molecular complexity index is 73.3. The van der Waals surface area contributed by atoms with Crippen LogP contribution in [-0.4, -0.2) is 11.9 Å². The van der Waals surface area contributed by atoms with E-state index in [4.69, 9.17) is 15.0 Å². The zero-order valence-electron chi connectivity index (χ0n) is 6.63. The van der Waals surface area contributed by atoms with Crippen molar-refractivity contribution in [2.45, 2.75) is 13.8 Å². The fourth-order valence-electron chi connectivity index (χ4n) is 0. The van der Waals surface area contributed by atoms with E-state index in [0.717, 1.165) is 0 Å². The minimum atomic E-state index is -2.33. The van der Waals surface area contributed by atoms with Gasteiger partial charge in [0.25, 0.3) is 0 Å². The van der Waals surface area contributed by atoms with Gasteiger partial charge >= 0.3 is 59.1 Å². The van der Waals surface area contributed by atoms with Crippen LogP contribution in [0.25, 0.3) is 0 Å². The molecule has 0 spiro atoms. The maximum Gasteiger partial charge on any atom is 1.00 e. The first-order valence-electron chi connectivity index (χ1n) is 1.82. The molecule has 0 radical (unpaired) electrons. The number of hydrogen-bond acceptors (Lipinski definition) is 4. The van der Waals surface area contributed by atoms with Crippen molar-refractivity contribution in [2.24, 2.45) is 0 Å². The molecule has 0 saturated heterocycles. The van der Waals surface area contributed by atoms with Gasteiger partial charge in [-0.1, -0.05) is 0 Å². The van der Waals surface area contributed by atoms with Gasteiger partial charge in [-0.3, -0.25) is 0 Å². The molecule has 48 valence electrons. The second-order valence-electron chi connectivity index (χ2n) is 1.16. The SMILES string of the molecule is CC(C)=O.O=C([O-])[O-].[Na+].[Na+]. The van der Waals surface area contributed by atoms with Gasteiger partial charge in [0.1, 0.15) is 5.78 Å². The summed E-state index contributed by atoms with van der Waals surface area (Å²) in [6.07, 6.45) is -2.33. The third-order valence-corrected chi connectivity index (χ3v) is 0. The molecule has 0 aromatic carbocycles. The van der Waals surface area contributed by atoms with E-state index in [0.29, 0.717) is 0 Å². The molecule has 10 heavy (non-hydrogen) atoms. The molecule has 0 atom stereocenters. The largest absolute Gasteiger partial charge is 1.00 e. The predicted octanol–water partition coefficient (Wildman–Crippen LogP) is -7.84. The Balaban J connectivity index is -0.0000000300. The molecule has 0 heterocycles. The number of Topliss-reactive ketones (excluding diaryl/α,β-unsaturated/α-hetero) is 1. The van der Waals surface area contributed by atoms with Crippen molar-refractivity contribution >= 4 is 11.9 Å². The molecular weight excluding hydrogens is 158 g/mol. The quantitative estimate of drug-likeness (QED) is 0.333. The van der Waals surface area contributed by atoms with Crippen molar-refractivity contribution in [3.05, 3.63) is 0 Å². The summed E-state index contributed by atoms with van der Waals surface area (Å²) in [5, 5.41) is 16.7. The fourth-order valence-corrected chi connectivity index (χ4v) is 0. The van der Waals surface area contributed by atoms with E-state index < -0.39 is 6.16 Å². The van der Waals surface area contributed by atoms with Crippen LogP contribution in [0.2, 0.25) is 0 Å². The monoisotopic (exact) mass is 164 g/mol. The van der Waals surface area contributed by atoms with Crippen molar-refractivity contribution in [3.8, 4) is 0 Å². The molecule has 0 rings (SSSR count). The van der Waals surface area contributed by atoms with Crippen LogP contribution in [0, 0.1) is 0 Å². The van der Waals surface area contributed by atoms with Crippen molar-refractivity contribution in [2.75, 3.05) is 0 Å². The Morgan fingerprint density at radius 3 is 1.00 bits per heavy atom. The minimum Gasteiger partial charge on any atom is -0.652 e. The molecule has 0 fully saturated rings. The maximum absolute atomic E-state index is 9.44. The number of carbonyl (C=O) groups excluding carboxylic acids is 2. The molecule has 4 nitrogen and oxygen atoms in total. The molecule has 0 aromatic rings. The summed E-state index contributed by atoms with van der Waals surface area (Å²) in [6.45, 7) is 3.06. The van der Waals surface area contributed by atoms with Crippen LogP contribution in [0.3, 0.4) is 0 Å². The smallest absolute Gasteiger partial charge is 0.652 e. The summed E-state index contributed by atoms with van der Waals surface area (Å²) in [6, 6.07) is 0. The number of carbonyl (C=O) groups is 2. The third-order valence-electron chi connectivity index (χ3n) is 0. The normalized spacial score (nSPS) is 5.00. The van der Waals surface area contributed by atoms with Crippen molar-refractivity contribution in [1.29, 1.82) is 0 Å². The summed E-state index contributed by atoms with van der Waals surface area (Å²) < 4.78 is 0. The molecule has 0 aliphatic heterocycles. The Hall–Kier alpha value is 0.940. The van der Waals surface area contributed by atoms with E-state index in [-0.39, 0.29) is 64.9 Å². The molecule has 0 amide bonds. The van der Waals surface area contributed by atoms with E-state index in [2.05, 4.69) is 0 Å². The molecule has 0 aliphatic rings. The first-order chi connectivity index (χ1) is 3.46. The first-order valence-corrected chi connectivity index (χ1v) is 1.82. The third kappa shape index (κ3) is 638. The zero-order valence-corrected chi connectivity index (χ0v) is 10.6. The number of hydrogen-bond donors (Lipinski definition) is 0. The van der Waals surface area contributed by atoms with Gasteiger partial charge < -0.3 is 19.8 Å². The van der Waals surface area contributed by atoms with E-state index in [1.165, 1.54) is 13.8 Å². The maximum atomic E-state index is 9.44. The summed E-state index contributed by atoms with van der Waals surface area (Å²) in [5.41, 5.74) is 0. The second-order valence-corrected chi connectivity index (χ2v) is 1.16. The van der Waals surface area contributed by atoms with Gasteiger partial charge in [-0.2, -0.15) is 0 Å². The van der Waals surface area contributed by atoms with Crippen LogP contribution in [0.15, 0.2) is 0 Å². The van der Waals surface area contributed by atoms with Gasteiger partial charge in [-0.15, -0.1) is 0 Å². The average Bonchev–Trinajstić information content (AvgIpc) is 1.25. The van der Waals surface area contributed by atoms with E-state index in [1.807, 2.05) is 0 Å². The Kier molecular flexibility index (Phi) is 37.0. The Morgan fingerprint density at radius 1 is 1.00 bits per heavy atom.